The van der Waals surface area contributed by atoms with Gasteiger partial charge in [0.1, 0.15) is 19.8 Å². The maximum absolute atomic E-state index is 11.7. The Kier molecular flexibility index (Phi) is 28.5. The molecular weight excluding hydrogens is 419 g/mol. The molecule has 0 heterocycles. The Bertz CT molecular complexity index is 424. The maximum atomic E-state index is 11.7. The van der Waals surface area contributed by atoms with Crippen LogP contribution in [0, 0.1) is 5.92 Å². The standard InChI is InChI=1S/C14H31N2O7PS.4CH4/c1-13(11-25-10-9-20-12-15)14(17)21-7-8-23-24(18,19)22-6-5-16(2,3)4;;;;/h13H,5-12,15H2,1-4H3;4*1H4. The van der Waals surface area contributed by atoms with Crippen LogP contribution in [0.1, 0.15) is 36.6 Å². The number of phosphoric acid groups is 1. The third-order valence-corrected chi connectivity index (χ3v) is 5.04. The molecule has 0 radical (unpaired) electrons. The lowest BCUT2D eigenvalue weighted by Gasteiger charge is -2.27. The second-order valence-electron chi connectivity index (χ2n) is 6.35. The van der Waals surface area contributed by atoms with Crippen molar-refractivity contribution < 1.29 is 37.3 Å². The first kappa shape index (κ1) is 39.3. The third kappa shape index (κ3) is 25.8. The van der Waals surface area contributed by atoms with E-state index < -0.39 is 13.8 Å². The number of nitrogens with zero attached hydrogens (tertiary/aromatic N) is 1. The molecule has 2 unspecified atom stereocenters. The van der Waals surface area contributed by atoms with E-state index in [2.05, 4.69) is 4.52 Å². The summed E-state index contributed by atoms with van der Waals surface area (Å²) >= 11 is 1.56. The summed E-state index contributed by atoms with van der Waals surface area (Å²) in [7, 11) is 1.39. The lowest BCUT2D eigenvalue weighted by Crippen LogP contribution is -2.37. The van der Waals surface area contributed by atoms with Gasteiger partial charge in [-0.3, -0.25) is 9.36 Å². The van der Waals surface area contributed by atoms with Gasteiger partial charge in [-0.05, 0) is 0 Å². The smallest absolute Gasteiger partial charge is 0.309 e. The van der Waals surface area contributed by atoms with Crippen LogP contribution in [-0.4, -0.2) is 82.8 Å². The van der Waals surface area contributed by atoms with Gasteiger partial charge in [-0.1, -0.05) is 36.6 Å². The van der Waals surface area contributed by atoms with Gasteiger partial charge in [0.15, 0.2) is 0 Å². The number of phosphoric ester groups is 1. The SMILES string of the molecule is C.C.C.C.CC(CSCCOCN)C(=O)OCCOP(=O)([O-])OCC[N+](C)(C)C. The minimum atomic E-state index is -4.37. The van der Waals surface area contributed by atoms with E-state index in [1.807, 2.05) is 21.1 Å². The summed E-state index contributed by atoms with van der Waals surface area (Å²) in [4.78, 5) is 23.3. The van der Waals surface area contributed by atoms with Crippen molar-refractivity contribution in [2.45, 2.75) is 36.6 Å². The number of esters is 1. The average molecular weight is 467 g/mol. The van der Waals surface area contributed by atoms with Gasteiger partial charge in [0.05, 0.1) is 47.0 Å². The van der Waals surface area contributed by atoms with Crippen LogP contribution >= 0.6 is 19.6 Å². The van der Waals surface area contributed by atoms with Crippen molar-refractivity contribution >= 4 is 25.6 Å². The number of likely N-dealkylation sites (N-methyl/N-ethyl adjacent to an activating group) is 1. The normalized spacial score (nSPS) is 13.4. The quantitative estimate of drug-likeness (QED) is 0.128. The van der Waals surface area contributed by atoms with Gasteiger partial charge in [-0.2, -0.15) is 11.8 Å². The Hall–Kier alpha value is -0.190. The summed E-state index contributed by atoms with van der Waals surface area (Å²) < 4.78 is 31.5. The van der Waals surface area contributed by atoms with E-state index in [9.17, 15) is 14.3 Å². The topological polar surface area (TPSA) is 120 Å². The molecule has 11 heteroatoms. The summed E-state index contributed by atoms with van der Waals surface area (Å²) in [6, 6.07) is 0. The van der Waals surface area contributed by atoms with Crippen molar-refractivity contribution in [2.24, 2.45) is 11.7 Å². The first-order valence-electron chi connectivity index (χ1n) is 8.00. The van der Waals surface area contributed by atoms with Gasteiger partial charge in [0.25, 0.3) is 7.82 Å². The van der Waals surface area contributed by atoms with Crippen molar-refractivity contribution in [1.82, 2.24) is 0 Å². The molecule has 0 aromatic heterocycles. The Morgan fingerprint density at radius 3 is 2.14 bits per heavy atom. The molecule has 0 aromatic rings. The molecule has 0 fully saturated rings. The van der Waals surface area contributed by atoms with Crippen molar-refractivity contribution in [3.8, 4) is 0 Å². The summed E-state index contributed by atoms with van der Waals surface area (Å²) in [5, 5.41) is 0. The Morgan fingerprint density at radius 1 is 1.07 bits per heavy atom. The third-order valence-electron chi connectivity index (χ3n) is 2.85. The fraction of sp³-hybridized carbons (Fsp3) is 0.944. The zero-order valence-corrected chi connectivity index (χ0v) is 17.2. The van der Waals surface area contributed by atoms with Gasteiger partial charge in [-0.15, -0.1) is 0 Å². The van der Waals surface area contributed by atoms with Gasteiger partial charge < -0.3 is 33.6 Å². The van der Waals surface area contributed by atoms with Crippen LogP contribution in [0.2, 0.25) is 0 Å². The van der Waals surface area contributed by atoms with Crippen molar-refractivity contribution in [3.05, 3.63) is 0 Å². The largest absolute Gasteiger partial charge is 0.756 e. The zero-order valence-electron chi connectivity index (χ0n) is 15.5. The molecular formula is C18H47N2O7PS. The monoisotopic (exact) mass is 466 g/mol. The first-order valence-corrected chi connectivity index (χ1v) is 10.6. The maximum Gasteiger partial charge on any atom is 0.309 e. The highest BCUT2D eigenvalue weighted by Crippen LogP contribution is 2.37. The van der Waals surface area contributed by atoms with Crippen LogP contribution in [0.4, 0.5) is 0 Å². The molecule has 29 heavy (non-hydrogen) atoms. The van der Waals surface area contributed by atoms with Crippen molar-refractivity contribution in [1.29, 1.82) is 0 Å². The highest BCUT2D eigenvalue weighted by molar-refractivity contribution is 7.99. The van der Waals surface area contributed by atoms with Crippen LogP contribution in [-0.2, 0) is 27.9 Å². The molecule has 2 atom stereocenters. The number of rotatable bonds is 15. The van der Waals surface area contributed by atoms with E-state index in [1.165, 1.54) is 0 Å². The molecule has 0 saturated heterocycles. The minimum absolute atomic E-state index is 0. The summed E-state index contributed by atoms with van der Waals surface area (Å²) in [6.07, 6.45) is 0. The Morgan fingerprint density at radius 2 is 1.62 bits per heavy atom. The van der Waals surface area contributed by atoms with Crippen LogP contribution in [0.25, 0.3) is 0 Å². The van der Waals surface area contributed by atoms with E-state index in [-0.39, 0.29) is 62.2 Å². The van der Waals surface area contributed by atoms with Gasteiger partial charge in [0.2, 0.25) is 0 Å². The highest BCUT2D eigenvalue weighted by Gasteiger charge is 2.16. The number of thioether (sulfide) groups is 1. The number of quaternary nitrogens is 1. The average Bonchev–Trinajstić information content (AvgIpc) is 2.49. The Balaban J connectivity index is -0.000000480. The van der Waals surface area contributed by atoms with Crippen LogP contribution in [0.15, 0.2) is 0 Å². The molecule has 0 aliphatic carbocycles. The van der Waals surface area contributed by atoms with Crippen LogP contribution in [0.3, 0.4) is 0 Å². The molecule has 0 aromatic carbocycles. The second kappa shape index (κ2) is 21.1. The molecule has 0 amide bonds. The Labute approximate surface area is 183 Å². The molecule has 182 valence electrons. The van der Waals surface area contributed by atoms with Crippen molar-refractivity contribution in [3.63, 3.8) is 0 Å². The number of nitrogens with two attached hydrogens (primary N) is 1. The molecule has 0 rings (SSSR count). The number of carbonyl (C=O) groups is 1. The fourth-order valence-electron chi connectivity index (χ4n) is 1.43. The van der Waals surface area contributed by atoms with Crippen molar-refractivity contribution in [2.75, 3.05) is 72.4 Å². The van der Waals surface area contributed by atoms with Crippen LogP contribution < -0.4 is 10.6 Å². The molecule has 2 N–H and O–H groups in total. The summed E-state index contributed by atoms with van der Waals surface area (Å²) in [6.45, 7) is 2.61. The highest BCUT2D eigenvalue weighted by atomic mass is 32.2. The van der Waals surface area contributed by atoms with Gasteiger partial charge in [-0.25, -0.2) is 0 Å². The number of ether oxygens (including phenoxy) is 2. The first-order chi connectivity index (χ1) is 11.6. The number of hydrogen-bond acceptors (Lipinski definition) is 9. The molecule has 0 aliphatic heterocycles. The zero-order chi connectivity index (χ0) is 19.3. The molecule has 0 aliphatic rings. The summed E-state index contributed by atoms with van der Waals surface area (Å²) in [5.74, 6) is 0.620. The van der Waals surface area contributed by atoms with Gasteiger partial charge >= 0.3 is 5.97 Å². The summed E-state index contributed by atoms with van der Waals surface area (Å²) in [5.41, 5.74) is 5.19. The number of hydrogen-bond donors (Lipinski definition) is 1. The van der Waals surface area contributed by atoms with E-state index in [0.29, 0.717) is 23.4 Å². The lowest BCUT2D eigenvalue weighted by molar-refractivity contribution is -0.870. The predicted molar refractivity (Wildman–Crippen MR) is 122 cm³/mol. The van der Waals surface area contributed by atoms with E-state index in [1.54, 1.807) is 18.7 Å². The van der Waals surface area contributed by atoms with E-state index in [4.69, 9.17) is 19.7 Å². The second-order valence-corrected chi connectivity index (χ2v) is 8.91. The molecule has 9 nitrogen and oxygen atoms in total. The van der Waals surface area contributed by atoms with E-state index >= 15 is 0 Å². The minimum Gasteiger partial charge on any atom is -0.756 e. The predicted octanol–water partition coefficient (Wildman–Crippen LogP) is 2.58. The molecule has 0 bridgehead atoms. The fourth-order valence-corrected chi connectivity index (χ4v) is 3.00. The van der Waals surface area contributed by atoms with Crippen LogP contribution in [0.5, 0.6) is 0 Å². The lowest BCUT2D eigenvalue weighted by atomic mass is 10.2. The van der Waals surface area contributed by atoms with E-state index in [0.717, 1.165) is 5.75 Å². The van der Waals surface area contributed by atoms with Gasteiger partial charge in [0, 0.05) is 11.5 Å². The molecule has 0 saturated carbocycles. The molecule has 0 spiro atoms. The number of carbonyl (C=O) groups excluding carboxylic acids is 1.